The van der Waals surface area contributed by atoms with Crippen LogP contribution in [0.1, 0.15) is 25.3 Å². The second kappa shape index (κ2) is 10.0. The summed E-state index contributed by atoms with van der Waals surface area (Å²) in [7, 11) is 0. The fourth-order valence-corrected chi connectivity index (χ4v) is 5.53. The molecule has 7 aromatic rings. The van der Waals surface area contributed by atoms with Crippen LogP contribution in [0.4, 0.5) is 0 Å². The monoisotopic (exact) mass is 514 g/mol. The molecule has 0 aliphatic rings. The van der Waals surface area contributed by atoms with Crippen LogP contribution in [0, 0.1) is 0 Å². The maximum Gasteiger partial charge on any atom is 0.135 e. The lowest BCUT2D eigenvalue weighted by atomic mass is 9.96. The minimum atomic E-state index is 0.552. The number of para-hydroxylation sites is 1. The molecule has 1 nitrogen and oxygen atoms in total. The molecule has 0 aliphatic carbocycles. The lowest BCUT2D eigenvalue weighted by molar-refractivity contribution is 0.669. The summed E-state index contributed by atoms with van der Waals surface area (Å²) in [4.78, 5) is 0. The van der Waals surface area contributed by atoms with Gasteiger partial charge in [-0.3, -0.25) is 0 Å². The molecule has 0 spiro atoms. The minimum absolute atomic E-state index is 0.552. The summed E-state index contributed by atoms with van der Waals surface area (Å²) >= 11 is 0. The Bertz CT molecular complexity index is 1920. The fourth-order valence-electron chi connectivity index (χ4n) is 5.53. The van der Waals surface area contributed by atoms with Crippen molar-refractivity contribution in [3.05, 3.63) is 145 Å². The third kappa shape index (κ3) is 4.50. The van der Waals surface area contributed by atoms with Crippen LogP contribution in [0.3, 0.4) is 0 Å². The van der Waals surface area contributed by atoms with Crippen LogP contribution < -0.4 is 0 Å². The third-order valence-electron chi connectivity index (χ3n) is 7.94. The third-order valence-corrected chi connectivity index (χ3v) is 7.94. The number of rotatable bonds is 5. The maximum atomic E-state index is 6.00. The molecule has 0 radical (unpaired) electrons. The summed E-state index contributed by atoms with van der Waals surface area (Å²) < 4.78 is 6.00. The van der Waals surface area contributed by atoms with Crippen LogP contribution >= 0.6 is 0 Å². The van der Waals surface area contributed by atoms with E-state index in [0.29, 0.717) is 5.92 Å². The first-order valence-electron chi connectivity index (χ1n) is 14.0. The average molecular weight is 515 g/mol. The molecular formula is C39H30O. The number of benzene rings is 6. The van der Waals surface area contributed by atoms with Crippen molar-refractivity contribution in [3.63, 3.8) is 0 Å². The normalized spacial score (nSPS) is 11.5. The van der Waals surface area contributed by atoms with E-state index in [4.69, 9.17) is 4.42 Å². The van der Waals surface area contributed by atoms with Crippen molar-refractivity contribution in [1.29, 1.82) is 0 Å². The SMILES string of the molecule is CC(C)c1ccc(-c2ccc(-c3ccc(-c4ccc(-c5ccc6oc7ccccc7c6c5)cc4)cc3)cc2)cc1. The smallest absolute Gasteiger partial charge is 0.135 e. The summed E-state index contributed by atoms with van der Waals surface area (Å²) in [5.74, 6) is 0.552. The number of hydrogen-bond acceptors (Lipinski definition) is 1. The quantitative estimate of drug-likeness (QED) is 0.223. The molecule has 0 aliphatic heterocycles. The van der Waals surface area contributed by atoms with Gasteiger partial charge in [-0.2, -0.15) is 0 Å². The van der Waals surface area contributed by atoms with Crippen molar-refractivity contribution in [2.75, 3.05) is 0 Å². The molecule has 0 saturated carbocycles. The Labute approximate surface area is 235 Å². The number of fused-ring (bicyclic) bond motifs is 3. The van der Waals surface area contributed by atoms with Gasteiger partial charge in [0.2, 0.25) is 0 Å². The molecule has 0 unspecified atom stereocenters. The summed E-state index contributed by atoms with van der Waals surface area (Å²) in [6, 6.07) is 50.2. The summed E-state index contributed by atoms with van der Waals surface area (Å²) in [6.07, 6.45) is 0. The predicted octanol–water partition coefficient (Wildman–Crippen LogP) is 11.4. The standard InChI is InChI=1S/C39H30O/c1-26(2)27-7-9-28(10-8-27)29-11-13-30(14-12-29)31-15-17-32(18-16-31)33-19-21-34(22-20-33)35-23-24-39-37(25-35)36-5-3-4-6-38(36)40-39/h3-26H,1-2H3. The van der Waals surface area contributed by atoms with Crippen molar-refractivity contribution >= 4 is 21.9 Å². The van der Waals surface area contributed by atoms with Crippen molar-refractivity contribution in [2.45, 2.75) is 19.8 Å². The molecule has 192 valence electrons. The van der Waals surface area contributed by atoms with E-state index in [2.05, 4.69) is 141 Å². The first-order chi connectivity index (χ1) is 19.6. The molecule has 0 bridgehead atoms. The van der Waals surface area contributed by atoms with Gasteiger partial charge >= 0.3 is 0 Å². The van der Waals surface area contributed by atoms with E-state index in [1.54, 1.807) is 0 Å². The van der Waals surface area contributed by atoms with Crippen LogP contribution in [0.15, 0.2) is 144 Å². The van der Waals surface area contributed by atoms with Gasteiger partial charge in [-0.15, -0.1) is 0 Å². The lowest BCUT2D eigenvalue weighted by Gasteiger charge is -2.09. The van der Waals surface area contributed by atoms with E-state index in [9.17, 15) is 0 Å². The highest BCUT2D eigenvalue weighted by molar-refractivity contribution is 6.06. The number of furan rings is 1. The molecule has 1 heteroatoms. The maximum absolute atomic E-state index is 6.00. The molecule has 1 aromatic heterocycles. The molecule has 6 aromatic carbocycles. The zero-order valence-corrected chi connectivity index (χ0v) is 22.8. The average Bonchev–Trinajstić information content (AvgIpc) is 3.39. The topological polar surface area (TPSA) is 13.1 Å². The van der Waals surface area contributed by atoms with E-state index >= 15 is 0 Å². The Morgan fingerprint density at radius 2 is 0.750 bits per heavy atom. The Kier molecular flexibility index (Phi) is 6.06. The van der Waals surface area contributed by atoms with Crippen LogP contribution in [0.25, 0.3) is 66.4 Å². The van der Waals surface area contributed by atoms with E-state index < -0.39 is 0 Å². The summed E-state index contributed by atoms with van der Waals surface area (Å²) in [5.41, 5.74) is 13.0. The highest BCUT2D eigenvalue weighted by Gasteiger charge is 2.09. The molecular weight excluding hydrogens is 484 g/mol. The molecule has 7 rings (SSSR count). The second-order valence-corrected chi connectivity index (χ2v) is 10.8. The van der Waals surface area contributed by atoms with Gasteiger partial charge in [0.1, 0.15) is 11.2 Å². The summed E-state index contributed by atoms with van der Waals surface area (Å²) in [5, 5.41) is 2.32. The Morgan fingerprint density at radius 1 is 0.375 bits per heavy atom. The molecule has 0 fully saturated rings. The largest absolute Gasteiger partial charge is 0.456 e. The van der Waals surface area contributed by atoms with Gasteiger partial charge in [-0.05, 0) is 74.2 Å². The van der Waals surface area contributed by atoms with Crippen LogP contribution in [-0.4, -0.2) is 0 Å². The predicted molar refractivity (Wildman–Crippen MR) is 170 cm³/mol. The lowest BCUT2D eigenvalue weighted by Crippen LogP contribution is -1.87. The van der Waals surface area contributed by atoms with Crippen molar-refractivity contribution in [2.24, 2.45) is 0 Å². The van der Waals surface area contributed by atoms with Crippen molar-refractivity contribution < 1.29 is 4.42 Å². The van der Waals surface area contributed by atoms with Crippen LogP contribution in [0.5, 0.6) is 0 Å². The van der Waals surface area contributed by atoms with Gasteiger partial charge in [0.15, 0.2) is 0 Å². The van der Waals surface area contributed by atoms with E-state index in [1.165, 1.54) is 50.1 Å². The Hall–Kier alpha value is -4.88. The van der Waals surface area contributed by atoms with Gasteiger partial charge in [-0.25, -0.2) is 0 Å². The van der Waals surface area contributed by atoms with Crippen molar-refractivity contribution in [1.82, 2.24) is 0 Å². The molecule has 0 saturated heterocycles. The van der Waals surface area contributed by atoms with E-state index in [0.717, 1.165) is 21.9 Å². The summed E-state index contributed by atoms with van der Waals surface area (Å²) in [6.45, 7) is 4.46. The van der Waals surface area contributed by atoms with Gasteiger partial charge in [-0.1, -0.05) is 135 Å². The van der Waals surface area contributed by atoms with Gasteiger partial charge in [0.05, 0.1) is 0 Å². The molecule has 0 atom stereocenters. The van der Waals surface area contributed by atoms with E-state index in [1.807, 2.05) is 12.1 Å². The minimum Gasteiger partial charge on any atom is -0.456 e. The molecule has 0 amide bonds. The molecule has 40 heavy (non-hydrogen) atoms. The molecule has 1 heterocycles. The zero-order chi connectivity index (χ0) is 27.1. The Morgan fingerprint density at radius 3 is 1.23 bits per heavy atom. The Balaban J connectivity index is 1.09. The van der Waals surface area contributed by atoms with Gasteiger partial charge in [0.25, 0.3) is 0 Å². The highest BCUT2D eigenvalue weighted by Crippen LogP contribution is 2.34. The van der Waals surface area contributed by atoms with E-state index in [-0.39, 0.29) is 0 Å². The second-order valence-electron chi connectivity index (χ2n) is 10.8. The van der Waals surface area contributed by atoms with Crippen LogP contribution in [0.2, 0.25) is 0 Å². The first kappa shape index (κ1) is 24.2. The zero-order valence-electron chi connectivity index (χ0n) is 22.8. The molecule has 0 N–H and O–H groups in total. The highest BCUT2D eigenvalue weighted by atomic mass is 16.3. The van der Waals surface area contributed by atoms with Gasteiger partial charge < -0.3 is 4.42 Å². The van der Waals surface area contributed by atoms with Gasteiger partial charge in [0, 0.05) is 10.8 Å². The first-order valence-corrected chi connectivity index (χ1v) is 14.0. The van der Waals surface area contributed by atoms with Crippen LogP contribution in [-0.2, 0) is 0 Å². The fraction of sp³-hybridized carbons (Fsp3) is 0.0769. The number of hydrogen-bond donors (Lipinski definition) is 0. The van der Waals surface area contributed by atoms with Crippen molar-refractivity contribution in [3.8, 4) is 44.5 Å².